The molecule has 2 heteroatoms. The van der Waals surface area contributed by atoms with E-state index in [2.05, 4.69) is 9.97 Å². The average Bonchev–Trinajstić information content (AvgIpc) is 1.72. The van der Waals surface area contributed by atoms with Crippen molar-refractivity contribution in [2.24, 2.45) is 0 Å². The van der Waals surface area contributed by atoms with Gasteiger partial charge in [0.2, 0.25) is 0 Å². The molecule has 0 radical (unpaired) electrons. The Morgan fingerprint density at radius 1 is 1.00 bits per heavy atom. The van der Waals surface area contributed by atoms with E-state index >= 15 is 0 Å². The summed E-state index contributed by atoms with van der Waals surface area (Å²) >= 11 is 0. The second kappa shape index (κ2) is 3.28. The highest BCUT2D eigenvalue weighted by molar-refractivity contribution is 4.74. The summed E-state index contributed by atoms with van der Waals surface area (Å²) in [6.45, 7) is 0. The molecule has 0 aliphatic heterocycles. The maximum absolute atomic E-state index is 3.67. The van der Waals surface area contributed by atoms with Crippen LogP contribution < -0.4 is 0 Å². The Balaban J connectivity index is 0.000000360. The van der Waals surface area contributed by atoms with Crippen molar-refractivity contribution in [2.45, 2.75) is 7.43 Å². The molecule has 0 saturated heterocycles. The van der Waals surface area contributed by atoms with E-state index in [1.54, 1.807) is 18.5 Å². The van der Waals surface area contributed by atoms with Gasteiger partial charge >= 0.3 is 0 Å². The predicted octanol–water partition coefficient (Wildman–Crippen LogP) is 1.11. The van der Waals surface area contributed by atoms with Crippen LogP contribution >= 0.6 is 0 Å². The maximum atomic E-state index is 3.67. The van der Waals surface area contributed by atoms with E-state index < -0.39 is 0 Å². The summed E-state index contributed by atoms with van der Waals surface area (Å²) in [6, 6.07) is 1.78. The van der Waals surface area contributed by atoms with Gasteiger partial charge in [-0.05, 0) is 6.07 Å². The molecule has 0 spiro atoms. The molecule has 0 unspecified atom stereocenters. The van der Waals surface area contributed by atoms with Gasteiger partial charge < -0.3 is 0 Å². The minimum Gasteiger partial charge on any atom is -0.245 e. The molecule has 1 aromatic heterocycles. The Hall–Kier alpha value is -0.920. The Bertz CT molecular complexity index is 78.0. The maximum Gasteiger partial charge on any atom is 0.115 e. The lowest BCUT2D eigenvalue weighted by Gasteiger charge is -1.70. The highest BCUT2D eigenvalue weighted by atomic mass is 14.8. The Morgan fingerprint density at radius 2 is 1.57 bits per heavy atom. The van der Waals surface area contributed by atoms with Crippen LogP contribution in [0, 0.1) is 0 Å². The highest BCUT2D eigenvalue weighted by Crippen LogP contribution is 1.66. The van der Waals surface area contributed by atoms with Gasteiger partial charge in [0.25, 0.3) is 0 Å². The van der Waals surface area contributed by atoms with Gasteiger partial charge in [-0.2, -0.15) is 0 Å². The smallest absolute Gasteiger partial charge is 0.115 e. The van der Waals surface area contributed by atoms with Gasteiger partial charge in [0.05, 0.1) is 0 Å². The van der Waals surface area contributed by atoms with E-state index in [-0.39, 0.29) is 7.43 Å². The van der Waals surface area contributed by atoms with Crippen molar-refractivity contribution in [2.75, 3.05) is 0 Å². The average molecular weight is 96.1 g/mol. The lowest BCUT2D eigenvalue weighted by molar-refractivity contribution is 1.17. The molecule has 1 aromatic rings. The number of nitrogens with zero attached hydrogens (tertiary/aromatic N) is 2. The summed E-state index contributed by atoms with van der Waals surface area (Å²) in [4.78, 5) is 7.35. The van der Waals surface area contributed by atoms with E-state index in [4.69, 9.17) is 0 Å². The largest absolute Gasteiger partial charge is 0.245 e. The van der Waals surface area contributed by atoms with Crippen LogP contribution in [0.1, 0.15) is 7.43 Å². The van der Waals surface area contributed by atoms with Crippen LogP contribution in [-0.4, -0.2) is 9.97 Å². The molecule has 2 nitrogen and oxygen atoms in total. The van der Waals surface area contributed by atoms with E-state index in [1.165, 1.54) is 6.33 Å². The van der Waals surface area contributed by atoms with Crippen molar-refractivity contribution in [3.05, 3.63) is 24.8 Å². The SMILES string of the molecule is C.c1cncnc1. The normalized spacial score (nSPS) is 6.86. The summed E-state index contributed by atoms with van der Waals surface area (Å²) in [5.41, 5.74) is 0. The zero-order valence-electron chi connectivity index (χ0n) is 3.20. The standard InChI is InChI=1S/C4H4N2.CH4/c1-2-5-4-6-3-1;/h1-4H;1H4. The highest BCUT2D eigenvalue weighted by Gasteiger charge is 1.59. The number of hydrogen-bond acceptors (Lipinski definition) is 2. The molecule has 0 aromatic carbocycles. The fraction of sp³-hybridized carbons (Fsp3) is 0.200. The van der Waals surface area contributed by atoms with Crippen LogP contribution in [0.25, 0.3) is 0 Å². The van der Waals surface area contributed by atoms with Gasteiger partial charge in [0.15, 0.2) is 0 Å². The molecular formula is C5H8N2. The third kappa shape index (κ3) is 1.87. The van der Waals surface area contributed by atoms with Crippen molar-refractivity contribution >= 4 is 0 Å². The van der Waals surface area contributed by atoms with Crippen LogP contribution in [-0.2, 0) is 0 Å². The monoisotopic (exact) mass is 96.1 g/mol. The molecule has 0 fully saturated rings. The van der Waals surface area contributed by atoms with Crippen LogP contribution in [0.3, 0.4) is 0 Å². The van der Waals surface area contributed by atoms with E-state index in [0.29, 0.717) is 0 Å². The lowest BCUT2D eigenvalue weighted by atomic mass is 10.7. The van der Waals surface area contributed by atoms with Crippen molar-refractivity contribution in [3.63, 3.8) is 0 Å². The minimum absolute atomic E-state index is 0. The number of aromatic nitrogens is 2. The zero-order chi connectivity index (χ0) is 4.24. The summed E-state index contributed by atoms with van der Waals surface area (Å²) in [5.74, 6) is 0. The number of hydrogen-bond donors (Lipinski definition) is 0. The minimum atomic E-state index is 0. The first-order chi connectivity index (χ1) is 3.00. The van der Waals surface area contributed by atoms with Crippen LogP contribution in [0.5, 0.6) is 0 Å². The summed E-state index contributed by atoms with van der Waals surface area (Å²) in [6.07, 6.45) is 4.88. The quantitative estimate of drug-likeness (QED) is 0.483. The van der Waals surface area contributed by atoms with Gasteiger partial charge in [-0.25, -0.2) is 9.97 Å². The summed E-state index contributed by atoms with van der Waals surface area (Å²) < 4.78 is 0. The fourth-order valence-electron chi connectivity index (χ4n) is 0.253. The van der Waals surface area contributed by atoms with Crippen LogP contribution in [0.4, 0.5) is 0 Å². The molecule has 1 heterocycles. The second-order valence-corrected chi connectivity index (χ2v) is 0.904. The first kappa shape index (κ1) is 6.08. The third-order valence-electron chi connectivity index (χ3n) is 0.478. The Labute approximate surface area is 43.2 Å². The zero-order valence-corrected chi connectivity index (χ0v) is 3.20. The Morgan fingerprint density at radius 3 is 1.71 bits per heavy atom. The molecule has 0 amide bonds. The van der Waals surface area contributed by atoms with E-state index in [9.17, 15) is 0 Å². The summed E-state index contributed by atoms with van der Waals surface area (Å²) in [7, 11) is 0. The molecule has 0 aliphatic rings. The molecule has 0 aliphatic carbocycles. The molecule has 7 heavy (non-hydrogen) atoms. The van der Waals surface area contributed by atoms with Crippen LogP contribution in [0.15, 0.2) is 24.8 Å². The van der Waals surface area contributed by atoms with Crippen molar-refractivity contribution in [1.29, 1.82) is 0 Å². The molecule has 38 valence electrons. The van der Waals surface area contributed by atoms with Crippen molar-refractivity contribution in [1.82, 2.24) is 9.97 Å². The Kier molecular flexibility index (Phi) is 2.85. The number of rotatable bonds is 0. The summed E-state index contributed by atoms with van der Waals surface area (Å²) in [5, 5.41) is 0. The second-order valence-electron chi connectivity index (χ2n) is 0.904. The first-order valence-corrected chi connectivity index (χ1v) is 1.70. The molecular weight excluding hydrogens is 88.1 g/mol. The first-order valence-electron chi connectivity index (χ1n) is 1.70. The molecule has 0 saturated carbocycles. The lowest BCUT2D eigenvalue weighted by Crippen LogP contribution is -1.66. The molecule has 1 rings (SSSR count). The molecule has 0 N–H and O–H groups in total. The molecule has 0 atom stereocenters. The van der Waals surface area contributed by atoms with Gasteiger partial charge in [-0.3, -0.25) is 0 Å². The van der Waals surface area contributed by atoms with Gasteiger partial charge in [0, 0.05) is 12.4 Å². The fourth-order valence-corrected chi connectivity index (χ4v) is 0.253. The predicted molar refractivity (Wildman–Crippen MR) is 28.8 cm³/mol. The van der Waals surface area contributed by atoms with E-state index in [0.717, 1.165) is 0 Å². The third-order valence-corrected chi connectivity index (χ3v) is 0.478. The topological polar surface area (TPSA) is 25.8 Å². The van der Waals surface area contributed by atoms with Gasteiger partial charge in [-0.15, -0.1) is 0 Å². The van der Waals surface area contributed by atoms with Gasteiger partial charge in [-0.1, -0.05) is 7.43 Å². The molecule has 0 bridgehead atoms. The van der Waals surface area contributed by atoms with Crippen molar-refractivity contribution in [3.8, 4) is 0 Å². The van der Waals surface area contributed by atoms with Gasteiger partial charge in [0.1, 0.15) is 6.33 Å². The van der Waals surface area contributed by atoms with E-state index in [1.807, 2.05) is 0 Å². The van der Waals surface area contributed by atoms with Crippen LogP contribution in [0.2, 0.25) is 0 Å². The van der Waals surface area contributed by atoms with Crippen molar-refractivity contribution < 1.29 is 0 Å².